The Morgan fingerprint density at radius 3 is 1.90 bits per heavy atom. The molecule has 0 unspecified atom stereocenters. The zero-order valence-electron chi connectivity index (χ0n) is 18.4. The van der Waals surface area contributed by atoms with Gasteiger partial charge in [-0.2, -0.15) is 0 Å². The van der Waals surface area contributed by atoms with Gasteiger partial charge in [0.15, 0.2) is 5.57 Å². The van der Waals surface area contributed by atoms with Gasteiger partial charge in [-0.1, -0.05) is 40.0 Å². The summed E-state index contributed by atoms with van der Waals surface area (Å²) in [4.78, 5) is 36.2. The van der Waals surface area contributed by atoms with Gasteiger partial charge in [0.1, 0.15) is 6.54 Å². The molecular weight excluding hydrogens is 386 g/mol. The summed E-state index contributed by atoms with van der Waals surface area (Å²) in [5, 5.41) is 27.3. The Balaban J connectivity index is 2.07. The van der Waals surface area contributed by atoms with Gasteiger partial charge in [-0.15, -0.1) is 0 Å². The summed E-state index contributed by atoms with van der Waals surface area (Å²) in [6.45, 7) is 6.04. The van der Waals surface area contributed by atoms with Gasteiger partial charge in [0.2, 0.25) is 5.88 Å². The fraction of sp³-hybridized carbons (Fsp3) is 0.773. The van der Waals surface area contributed by atoms with Crippen LogP contribution in [0.3, 0.4) is 0 Å². The summed E-state index contributed by atoms with van der Waals surface area (Å²) in [5.41, 5.74) is -0.223. The number of aliphatic hydroxyl groups is 1. The van der Waals surface area contributed by atoms with E-state index in [0.29, 0.717) is 5.92 Å². The van der Waals surface area contributed by atoms with E-state index < -0.39 is 35.8 Å². The van der Waals surface area contributed by atoms with Crippen LogP contribution in [0.2, 0.25) is 0 Å². The predicted molar refractivity (Wildman–Crippen MR) is 114 cm³/mol. The number of hydrogen-bond donors (Lipinski definition) is 5. The van der Waals surface area contributed by atoms with Crippen LogP contribution in [0.1, 0.15) is 78.6 Å². The van der Waals surface area contributed by atoms with E-state index in [0.717, 1.165) is 57.8 Å². The molecule has 0 aromatic carbocycles. The second-order valence-corrected chi connectivity index (χ2v) is 9.67. The number of amides is 2. The lowest BCUT2D eigenvalue weighted by Crippen LogP contribution is -2.45. The quantitative estimate of drug-likeness (QED) is 0.185. The van der Waals surface area contributed by atoms with Gasteiger partial charge < -0.3 is 26.2 Å². The molecule has 0 aromatic heterocycles. The summed E-state index contributed by atoms with van der Waals surface area (Å²) in [7, 11) is 0. The average Bonchev–Trinajstić information content (AvgIpc) is 2.67. The number of carbonyl (C=O) groups is 3. The van der Waals surface area contributed by atoms with Crippen molar-refractivity contribution in [1.29, 1.82) is 0 Å². The fourth-order valence-electron chi connectivity index (χ4n) is 4.44. The summed E-state index contributed by atoms with van der Waals surface area (Å²) < 4.78 is 0. The van der Waals surface area contributed by atoms with Crippen LogP contribution < -0.4 is 16.0 Å². The average molecular weight is 424 g/mol. The number of hydrogen-bond acceptors (Lipinski definition) is 5. The minimum Gasteiger partial charge on any atom is -0.494 e. The molecule has 0 heterocycles. The molecule has 0 aromatic rings. The highest BCUT2D eigenvalue weighted by atomic mass is 16.4. The Bertz CT molecular complexity index is 654. The van der Waals surface area contributed by atoms with Crippen LogP contribution in [-0.2, 0) is 14.4 Å². The molecule has 8 heteroatoms. The second kappa shape index (κ2) is 10.7. The van der Waals surface area contributed by atoms with Crippen molar-refractivity contribution in [3.63, 3.8) is 0 Å². The lowest BCUT2D eigenvalue weighted by molar-refractivity contribution is -0.138. The van der Waals surface area contributed by atoms with Gasteiger partial charge in [0, 0.05) is 12.1 Å². The Kier molecular flexibility index (Phi) is 8.55. The molecule has 2 fully saturated rings. The molecule has 170 valence electrons. The first-order chi connectivity index (χ1) is 14.1. The Morgan fingerprint density at radius 2 is 1.37 bits per heavy atom. The topological polar surface area (TPSA) is 128 Å². The van der Waals surface area contributed by atoms with E-state index in [1.807, 2.05) is 0 Å². The number of carboxylic acids is 1. The number of aliphatic carboxylic acids is 1. The second-order valence-electron chi connectivity index (χ2n) is 9.67. The summed E-state index contributed by atoms with van der Waals surface area (Å²) in [6.07, 6.45) is 8.49. The minimum atomic E-state index is -1.22. The van der Waals surface area contributed by atoms with E-state index in [1.165, 1.54) is 0 Å². The van der Waals surface area contributed by atoms with Crippen LogP contribution in [-0.4, -0.2) is 46.6 Å². The molecule has 0 radical (unpaired) electrons. The molecule has 0 spiro atoms. The van der Waals surface area contributed by atoms with E-state index in [-0.39, 0.29) is 17.5 Å². The van der Waals surface area contributed by atoms with Crippen LogP contribution in [0.15, 0.2) is 11.5 Å². The van der Waals surface area contributed by atoms with Crippen molar-refractivity contribution >= 4 is 17.8 Å². The van der Waals surface area contributed by atoms with Crippen LogP contribution >= 0.6 is 0 Å². The van der Waals surface area contributed by atoms with Crippen molar-refractivity contribution in [3.8, 4) is 0 Å². The number of aliphatic hydroxyl groups excluding tert-OH is 1. The molecule has 8 nitrogen and oxygen atoms in total. The van der Waals surface area contributed by atoms with E-state index in [4.69, 9.17) is 5.11 Å². The van der Waals surface area contributed by atoms with Crippen LogP contribution in [0.5, 0.6) is 0 Å². The number of rotatable bonds is 7. The van der Waals surface area contributed by atoms with Crippen molar-refractivity contribution in [2.45, 2.75) is 90.6 Å². The molecule has 2 aliphatic carbocycles. The number of nitrogens with one attached hydrogen (secondary N) is 3. The molecule has 2 rings (SSSR count). The molecule has 30 heavy (non-hydrogen) atoms. The minimum absolute atomic E-state index is 0.00366. The highest BCUT2D eigenvalue weighted by Gasteiger charge is 2.32. The first kappa shape index (κ1) is 24.0. The van der Waals surface area contributed by atoms with Gasteiger partial charge in [-0.05, 0) is 49.9 Å². The molecule has 0 bridgehead atoms. The molecule has 2 aliphatic rings. The van der Waals surface area contributed by atoms with E-state index in [1.54, 1.807) is 0 Å². The number of carboxylic acid groups (broad SMARTS) is 1. The third kappa shape index (κ3) is 7.22. The normalized spacial score (nSPS) is 23.8. The Morgan fingerprint density at radius 1 is 0.800 bits per heavy atom. The summed E-state index contributed by atoms with van der Waals surface area (Å²) in [6, 6.07) is -0.0723. The van der Waals surface area contributed by atoms with E-state index in [2.05, 4.69) is 36.7 Å². The Hall–Kier alpha value is -2.25. The molecular formula is C22H37N3O5. The van der Waals surface area contributed by atoms with Crippen molar-refractivity contribution in [3.05, 3.63) is 11.5 Å². The largest absolute Gasteiger partial charge is 0.494 e. The standard InChI is InChI=1S/C22H37N3O5/c1-22(2,3)14-9-11-16(12-10-14)25-21(30)18(19(28)23-13-17(26)27)20(29)24-15-7-5-4-6-8-15/h14-16,24,29H,4-13H2,1-3H3,(H,23,28)(H,25,30)(H,26,27)/b20-18+. The van der Waals surface area contributed by atoms with Gasteiger partial charge >= 0.3 is 5.97 Å². The molecule has 2 amide bonds. The van der Waals surface area contributed by atoms with Gasteiger partial charge in [0.05, 0.1) is 0 Å². The number of carbonyl (C=O) groups excluding carboxylic acids is 2. The molecule has 0 saturated heterocycles. The zero-order chi connectivity index (χ0) is 22.3. The van der Waals surface area contributed by atoms with Crippen molar-refractivity contribution < 1.29 is 24.6 Å². The summed E-state index contributed by atoms with van der Waals surface area (Å²) in [5.74, 6) is -2.67. The highest BCUT2D eigenvalue weighted by Crippen LogP contribution is 2.37. The van der Waals surface area contributed by atoms with Gasteiger partial charge in [-0.25, -0.2) is 0 Å². The first-order valence-corrected chi connectivity index (χ1v) is 11.1. The van der Waals surface area contributed by atoms with Crippen molar-refractivity contribution in [2.75, 3.05) is 6.54 Å². The van der Waals surface area contributed by atoms with Crippen LogP contribution in [0, 0.1) is 11.3 Å². The fourth-order valence-corrected chi connectivity index (χ4v) is 4.44. The zero-order valence-corrected chi connectivity index (χ0v) is 18.4. The molecule has 2 saturated carbocycles. The predicted octanol–water partition coefficient (Wildman–Crippen LogP) is 2.60. The lowest BCUT2D eigenvalue weighted by atomic mass is 9.71. The molecule has 0 aliphatic heterocycles. The maximum atomic E-state index is 12.9. The van der Waals surface area contributed by atoms with Gasteiger partial charge in [0.25, 0.3) is 11.8 Å². The van der Waals surface area contributed by atoms with Gasteiger partial charge in [-0.3, -0.25) is 14.4 Å². The van der Waals surface area contributed by atoms with Crippen molar-refractivity contribution in [1.82, 2.24) is 16.0 Å². The highest BCUT2D eigenvalue weighted by molar-refractivity contribution is 6.19. The monoisotopic (exact) mass is 423 g/mol. The SMILES string of the molecule is CC(C)(C)C1CCC(NC(=O)/C(C(=O)NCC(=O)O)=C(/O)NC2CCCCC2)CC1. The smallest absolute Gasteiger partial charge is 0.322 e. The summed E-state index contributed by atoms with van der Waals surface area (Å²) >= 11 is 0. The van der Waals surface area contributed by atoms with Crippen molar-refractivity contribution in [2.24, 2.45) is 11.3 Å². The lowest BCUT2D eigenvalue weighted by Gasteiger charge is -2.37. The first-order valence-electron chi connectivity index (χ1n) is 11.1. The Labute approximate surface area is 178 Å². The van der Waals surface area contributed by atoms with E-state index in [9.17, 15) is 19.5 Å². The maximum absolute atomic E-state index is 12.9. The molecule has 0 atom stereocenters. The van der Waals surface area contributed by atoms with Crippen LogP contribution in [0.4, 0.5) is 0 Å². The van der Waals surface area contributed by atoms with E-state index >= 15 is 0 Å². The third-order valence-corrected chi connectivity index (χ3v) is 6.32. The maximum Gasteiger partial charge on any atom is 0.322 e. The molecule has 5 N–H and O–H groups in total. The third-order valence-electron chi connectivity index (χ3n) is 6.32. The van der Waals surface area contributed by atoms with Crippen LogP contribution in [0.25, 0.3) is 0 Å².